The third-order valence-corrected chi connectivity index (χ3v) is 5.65. The molecule has 10 heteroatoms. The molecule has 0 aliphatic rings. The summed E-state index contributed by atoms with van der Waals surface area (Å²) in [6.07, 6.45) is -2.10. The van der Waals surface area contributed by atoms with Crippen LogP contribution in [0.1, 0.15) is 29.5 Å². The van der Waals surface area contributed by atoms with Gasteiger partial charge >= 0.3 is 12.2 Å². The van der Waals surface area contributed by atoms with E-state index in [9.17, 15) is 18.0 Å². The van der Waals surface area contributed by atoms with Crippen molar-refractivity contribution in [2.45, 2.75) is 32.4 Å². The van der Waals surface area contributed by atoms with Crippen LogP contribution in [0.25, 0.3) is 6.08 Å². The molecule has 0 saturated heterocycles. The molecular weight excluding hydrogens is 470 g/mol. The maximum Gasteiger partial charge on any atom is 0.399 e. The molecule has 0 saturated carbocycles. The molecule has 3 nitrogen and oxygen atoms in total. The number of carbonyl (C=O) groups is 1. The predicted octanol–water partition coefficient (Wildman–Crippen LogP) is 6.20. The van der Waals surface area contributed by atoms with Crippen LogP contribution < -0.4 is 16.1 Å². The number of allylic oxidation sites excluding steroid dienone is 1. The quantitative estimate of drug-likeness (QED) is 0.352. The number of alkyl halides is 3. The van der Waals surface area contributed by atoms with Crippen molar-refractivity contribution >= 4 is 59.7 Å². The van der Waals surface area contributed by atoms with Crippen LogP contribution in [-0.4, -0.2) is 26.0 Å². The molecule has 1 atom stereocenters. The summed E-state index contributed by atoms with van der Waals surface area (Å²) in [4.78, 5) is 11.6. The smallest absolute Gasteiger partial charge is 0.338 e. The summed E-state index contributed by atoms with van der Waals surface area (Å²) in [6.45, 7) is 4.43. The van der Waals surface area contributed by atoms with E-state index in [0.717, 1.165) is 17.1 Å². The summed E-state index contributed by atoms with van der Waals surface area (Å²) in [7, 11) is 1.83. The lowest BCUT2D eigenvalue weighted by Gasteiger charge is -2.18. The number of nitrogens with one attached hydrogen (secondary N) is 2. The Morgan fingerprint density at radius 3 is 2.32 bits per heavy atom. The monoisotopic (exact) mass is 489 g/mol. The molecule has 2 aromatic carbocycles. The van der Waals surface area contributed by atoms with Crippen molar-refractivity contribution in [1.29, 1.82) is 0 Å². The van der Waals surface area contributed by atoms with Gasteiger partial charge in [-0.15, -0.1) is 0 Å². The van der Waals surface area contributed by atoms with Gasteiger partial charge in [0.25, 0.3) is 0 Å². The molecule has 0 aliphatic heterocycles. The van der Waals surface area contributed by atoms with E-state index in [1.165, 1.54) is 18.2 Å². The van der Waals surface area contributed by atoms with Gasteiger partial charge in [-0.2, -0.15) is 13.2 Å². The molecule has 0 spiro atoms. The van der Waals surface area contributed by atoms with Gasteiger partial charge in [0.15, 0.2) is 0 Å². The lowest BCUT2D eigenvalue weighted by atomic mass is 9.70. The van der Waals surface area contributed by atoms with Crippen molar-refractivity contribution in [3.05, 3.63) is 68.2 Å². The highest BCUT2D eigenvalue weighted by Gasteiger charge is 2.39. The van der Waals surface area contributed by atoms with Crippen LogP contribution in [0.2, 0.25) is 21.9 Å². The second kappa shape index (κ2) is 11.2. The molecule has 1 radical (unpaired) electrons. The Kier molecular flexibility index (Phi) is 9.16. The van der Waals surface area contributed by atoms with Crippen LogP contribution in [0, 0.1) is 0 Å². The zero-order chi connectivity index (χ0) is 23.2. The summed E-state index contributed by atoms with van der Waals surface area (Å²) >= 11 is 17.7. The van der Waals surface area contributed by atoms with E-state index in [1.807, 2.05) is 21.0 Å². The zero-order valence-corrected chi connectivity index (χ0v) is 19.1. The first kappa shape index (κ1) is 25.4. The molecule has 31 heavy (non-hydrogen) atoms. The molecule has 1 unspecified atom stereocenters. The number of rotatable bonds is 7. The summed E-state index contributed by atoms with van der Waals surface area (Å²) in [5.74, 6) is -1.91. The van der Waals surface area contributed by atoms with E-state index in [-0.39, 0.29) is 26.7 Å². The Balaban J connectivity index is 2.29. The minimum atomic E-state index is -4.55. The number of urea groups is 1. The van der Waals surface area contributed by atoms with Gasteiger partial charge in [0.2, 0.25) is 0 Å². The topological polar surface area (TPSA) is 41.1 Å². The summed E-state index contributed by atoms with van der Waals surface area (Å²) in [6, 6.07) is 7.24. The Labute approximate surface area is 195 Å². The second-order valence-corrected chi connectivity index (χ2v) is 7.83. The molecule has 2 rings (SSSR count). The number of benzene rings is 2. The van der Waals surface area contributed by atoms with E-state index in [0.29, 0.717) is 18.7 Å². The average Bonchev–Trinajstić information content (AvgIpc) is 2.70. The van der Waals surface area contributed by atoms with Crippen LogP contribution in [-0.2, 0) is 6.54 Å². The van der Waals surface area contributed by atoms with Crippen LogP contribution in [0.3, 0.4) is 0 Å². The molecule has 0 aromatic heterocycles. The van der Waals surface area contributed by atoms with Crippen LogP contribution in [0.5, 0.6) is 0 Å². The number of hydrogen-bond acceptors (Lipinski definition) is 1. The number of hydrogen-bond donors (Lipinski definition) is 2. The van der Waals surface area contributed by atoms with Gasteiger partial charge in [-0.05, 0) is 35.7 Å². The van der Waals surface area contributed by atoms with Gasteiger partial charge in [0.05, 0.1) is 21.0 Å². The summed E-state index contributed by atoms with van der Waals surface area (Å²) < 4.78 is 41.1. The summed E-state index contributed by atoms with van der Waals surface area (Å²) in [5.41, 5.74) is 2.12. The molecule has 2 aromatic rings. The van der Waals surface area contributed by atoms with Gasteiger partial charge in [0, 0.05) is 13.1 Å². The minimum Gasteiger partial charge on any atom is -0.338 e. The number of halogens is 6. The maximum absolute atomic E-state index is 13.7. The highest BCUT2D eigenvalue weighted by atomic mass is 35.5. The fourth-order valence-electron chi connectivity index (χ4n) is 2.92. The van der Waals surface area contributed by atoms with E-state index >= 15 is 0 Å². The van der Waals surface area contributed by atoms with Crippen LogP contribution >= 0.6 is 34.8 Å². The SMILES string of the molecule is C[B]c1cc(/C=C/C(c2cc(Cl)c(Cl)c(Cl)c2)C(F)(F)F)ccc1CNC(=O)NCC. The minimum absolute atomic E-state index is 0.0110. The third kappa shape index (κ3) is 7.09. The largest absolute Gasteiger partial charge is 0.399 e. The second-order valence-electron chi connectivity index (χ2n) is 6.64. The molecule has 165 valence electrons. The van der Waals surface area contributed by atoms with E-state index < -0.39 is 12.1 Å². The lowest BCUT2D eigenvalue weighted by Crippen LogP contribution is -2.36. The third-order valence-electron chi connectivity index (χ3n) is 4.46. The van der Waals surface area contributed by atoms with Crippen molar-refractivity contribution in [1.82, 2.24) is 10.6 Å². The van der Waals surface area contributed by atoms with E-state index in [1.54, 1.807) is 18.2 Å². The maximum atomic E-state index is 13.7. The highest BCUT2D eigenvalue weighted by Crippen LogP contribution is 2.41. The van der Waals surface area contributed by atoms with Crippen LogP contribution in [0.15, 0.2) is 36.4 Å². The molecular formula is C21H20BCl3F3N2O. The Morgan fingerprint density at radius 2 is 1.77 bits per heavy atom. The normalized spacial score (nSPS) is 12.6. The lowest BCUT2D eigenvalue weighted by molar-refractivity contribution is -0.139. The van der Waals surface area contributed by atoms with Gasteiger partial charge < -0.3 is 10.6 Å². The molecule has 2 N–H and O–H groups in total. The molecule has 0 bridgehead atoms. The zero-order valence-electron chi connectivity index (χ0n) is 16.8. The first-order chi connectivity index (χ1) is 14.6. The number of amides is 2. The fraction of sp³-hybridized carbons (Fsp3) is 0.286. The van der Waals surface area contributed by atoms with Crippen molar-refractivity contribution in [3.8, 4) is 0 Å². The van der Waals surface area contributed by atoms with E-state index in [2.05, 4.69) is 10.6 Å². The van der Waals surface area contributed by atoms with Crippen molar-refractivity contribution in [2.75, 3.05) is 6.54 Å². The van der Waals surface area contributed by atoms with Crippen molar-refractivity contribution in [3.63, 3.8) is 0 Å². The first-order valence-corrected chi connectivity index (χ1v) is 10.5. The van der Waals surface area contributed by atoms with Gasteiger partial charge in [-0.1, -0.05) is 77.4 Å². The molecule has 0 aliphatic carbocycles. The Morgan fingerprint density at radius 1 is 1.13 bits per heavy atom. The standard InChI is InChI=1S/C21H20BCl3F3N2O/c1-3-29-20(31)30-11-13-6-4-12(8-16(13)22-2)5-7-15(21(26,27)28)14-9-17(23)19(25)18(24)10-14/h4-10,15H,3,11H2,1-2H3,(H2,29,30,31)/b7-5+. The van der Waals surface area contributed by atoms with Crippen molar-refractivity contribution < 1.29 is 18.0 Å². The summed E-state index contributed by atoms with van der Waals surface area (Å²) in [5, 5.41) is 5.29. The van der Waals surface area contributed by atoms with Crippen molar-refractivity contribution in [2.24, 2.45) is 0 Å². The fourth-order valence-corrected chi connectivity index (χ4v) is 3.53. The molecule has 0 heterocycles. The Bertz CT molecular complexity index is 944. The highest BCUT2D eigenvalue weighted by molar-refractivity contribution is 6.52. The first-order valence-electron chi connectivity index (χ1n) is 9.40. The van der Waals surface area contributed by atoms with Gasteiger partial charge in [0.1, 0.15) is 7.28 Å². The predicted molar refractivity (Wildman–Crippen MR) is 123 cm³/mol. The van der Waals surface area contributed by atoms with Crippen LogP contribution in [0.4, 0.5) is 18.0 Å². The average molecular weight is 491 g/mol. The van der Waals surface area contributed by atoms with Gasteiger partial charge in [-0.25, -0.2) is 4.79 Å². The number of carbonyl (C=O) groups excluding carboxylic acids is 1. The van der Waals surface area contributed by atoms with Gasteiger partial charge in [-0.3, -0.25) is 0 Å². The molecule has 0 fully saturated rings. The molecule has 2 amide bonds. The Hall–Kier alpha value is -1.83. The van der Waals surface area contributed by atoms with E-state index in [4.69, 9.17) is 34.8 Å².